The fourth-order valence-corrected chi connectivity index (χ4v) is 3.32. The Morgan fingerprint density at radius 2 is 2.29 bits per heavy atom. The molecule has 92 valence electrons. The Balaban J connectivity index is 2.21. The first-order valence-electron chi connectivity index (χ1n) is 5.65. The maximum atomic E-state index is 11.4. The zero-order chi connectivity index (χ0) is 12.5. The molecule has 2 rings (SSSR count). The minimum atomic E-state index is -0.111. The van der Waals surface area contributed by atoms with Crippen LogP contribution in [-0.4, -0.2) is 16.4 Å². The predicted octanol–water partition coefficient (Wildman–Crippen LogP) is 3.21. The summed E-state index contributed by atoms with van der Waals surface area (Å²) in [6.45, 7) is 2.11. The first kappa shape index (κ1) is 13.0. The highest BCUT2D eigenvalue weighted by molar-refractivity contribution is 9.11. The number of aromatic nitrogens is 1. The molecule has 1 aliphatic rings. The van der Waals surface area contributed by atoms with Crippen LogP contribution in [0.5, 0.6) is 0 Å². The molecule has 1 N–H and O–H groups in total. The van der Waals surface area contributed by atoms with Gasteiger partial charge >= 0.3 is 0 Å². The van der Waals surface area contributed by atoms with E-state index >= 15 is 0 Å². The first-order valence-corrected chi connectivity index (χ1v) is 7.24. The quantitative estimate of drug-likeness (QED) is 0.898. The SMILES string of the molecule is CCC1(Cc2ncc(Br)cc2Br)CCC(=O)N1. The largest absolute Gasteiger partial charge is 0.350 e. The Hall–Kier alpha value is -0.420. The summed E-state index contributed by atoms with van der Waals surface area (Å²) in [6, 6.07) is 1.99. The Labute approximate surface area is 118 Å². The van der Waals surface area contributed by atoms with Gasteiger partial charge < -0.3 is 5.32 Å². The van der Waals surface area contributed by atoms with Crippen LogP contribution in [0.3, 0.4) is 0 Å². The van der Waals surface area contributed by atoms with E-state index in [1.165, 1.54) is 0 Å². The molecule has 0 bridgehead atoms. The van der Waals surface area contributed by atoms with E-state index in [0.29, 0.717) is 6.42 Å². The van der Waals surface area contributed by atoms with Crippen molar-refractivity contribution in [3.05, 3.63) is 26.9 Å². The molecule has 1 unspecified atom stereocenters. The van der Waals surface area contributed by atoms with Crippen LogP contribution in [0.25, 0.3) is 0 Å². The molecular weight excluding hydrogens is 348 g/mol. The van der Waals surface area contributed by atoms with Crippen molar-refractivity contribution in [2.45, 2.75) is 38.1 Å². The highest BCUT2D eigenvalue weighted by atomic mass is 79.9. The van der Waals surface area contributed by atoms with Crippen molar-refractivity contribution < 1.29 is 4.79 Å². The van der Waals surface area contributed by atoms with Crippen molar-refractivity contribution in [3.63, 3.8) is 0 Å². The fourth-order valence-electron chi connectivity index (χ4n) is 2.19. The Kier molecular flexibility index (Phi) is 3.88. The summed E-state index contributed by atoms with van der Waals surface area (Å²) in [5, 5.41) is 3.10. The molecule has 0 radical (unpaired) electrons. The summed E-state index contributed by atoms with van der Waals surface area (Å²) in [5.41, 5.74) is 0.887. The van der Waals surface area contributed by atoms with Gasteiger partial charge in [-0.15, -0.1) is 0 Å². The van der Waals surface area contributed by atoms with Crippen LogP contribution in [0.1, 0.15) is 31.9 Å². The maximum Gasteiger partial charge on any atom is 0.220 e. The molecule has 1 amide bonds. The zero-order valence-corrected chi connectivity index (χ0v) is 12.8. The molecule has 0 aliphatic carbocycles. The number of hydrogen-bond acceptors (Lipinski definition) is 2. The van der Waals surface area contributed by atoms with Gasteiger partial charge in [-0.05, 0) is 50.8 Å². The van der Waals surface area contributed by atoms with Crippen molar-refractivity contribution >= 4 is 37.8 Å². The Morgan fingerprint density at radius 3 is 2.82 bits per heavy atom. The van der Waals surface area contributed by atoms with Gasteiger partial charge in [-0.25, -0.2) is 0 Å². The average molecular weight is 362 g/mol. The highest BCUT2D eigenvalue weighted by Crippen LogP contribution is 2.30. The van der Waals surface area contributed by atoms with Crippen LogP contribution in [0.2, 0.25) is 0 Å². The number of pyridine rings is 1. The van der Waals surface area contributed by atoms with Gasteiger partial charge in [-0.3, -0.25) is 9.78 Å². The van der Waals surface area contributed by atoms with Crippen LogP contribution < -0.4 is 5.32 Å². The van der Waals surface area contributed by atoms with E-state index in [0.717, 1.165) is 33.9 Å². The predicted molar refractivity (Wildman–Crippen MR) is 73.7 cm³/mol. The van der Waals surface area contributed by atoms with Gasteiger partial charge in [0.2, 0.25) is 5.91 Å². The van der Waals surface area contributed by atoms with Gasteiger partial charge in [0, 0.05) is 33.5 Å². The first-order chi connectivity index (χ1) is 8.04. The topological polar surface area (TPSA) is 42.0 Å². The van der Waals surface area contributed by atoms with Crippen molar-refractivity contribution in [1.82, 2.24) is 10.3 Å². The summed E-state index contributed by atoms with van der Waals surface area (Å²) >= 11 is 6.90. The molecule has 17 heavy (non-hydrogen) atoms. The average Bonchev–Trinajstić information content (AvgIpc) is 2.65. The summed E-state index contributed by atoms with van der Waals surface area (Å²) in [6.07, 6.45) is 5.03. The van der Waals surface area contributed by atoms with Crippen LogP contribution in [0, 0.1) is 0 Å². The number of carbonyl (C=O) groups excluding carboxylic acids is 1. The molecular formula is C12H14Br2N2O. The van der Waals surface area contributed by atoms with E-state index in [9.17, 15) is 4.79 Å². The van der Waals surface area contributed by atoms with Crippen molar-refractivity contribution in [2.75, 3.05) is 0 Å². The number of hydrogen-bond donors (Lipinski definition) is 1. The molecule has 1 aromatic rings. The highest BCUT2D eigenvalue weighted by Gasteiger charge is 2.36. The monoisotopic (exact) mass is 360 g/mol. The zero-order valence-electron chi connectivity index (χ0n) is 9.59. The van der Waals surface area contributed by atoms with E-state index in [-0.39, 0.29) is 11.4 Å². The van der Waals surface area contributed by atoms with Crippen molar-refractivity contribution in [1.29, 1.82) is 0 Å². The smallest absolute Gasteiger partial charge is 0.220 e. The molecule has 0 aromatic carbocycles. The van der Waals surface area contributed by atoms with Crippen molar-refractivity contribution in [3.8, 4) is 0 Å². The molecule has 5 heteroatoms. The lowest BCUT2D eigenvalue weighted by atomic mass is 9.89. The van der Waals surface area contributed by atoms with Gasteiger partial charge in [-0.1, -0.05) is 6.92 Å². The molecule has 1 aliphatic heterocycles. The number of nitrogens with one attached hydrogen (secondary N) is 1. The maximum absolute atomic E-state index is 11.4. The third-order valence-electron chi connectivity index (χ3n) is 3.30. The molecule has 1 saturated heterocycles. The number of carbonyl (C=O) groups is 1. The number of halogens is 2. The number of amides is 1. The molecule has 1 aromatic heterocycles. The Bertz CT molecular complexity index is 450. The van der Waals surface area contributed by atoms with Gasteiger partial charge in [0.05, 0.1) is 5.69 Å². The van der Waals surface area contributed by atoms with E-state index in [2.05, 4.69) is 49.1 Å². The molecule has 2 heterocycles. The second kappa shape index (κ2) is 5.06. The minimum absolute atomic E-state index is 0.111. The third-order valence-corrected chi connectivity index (χ3v) is 4.42. The molecule has 0 saturated carbocycles. The van der Waals surface area contributed by atoms with Gasteiger partial charge in [0.15, 0.2) is 0 Å². The minimum Gasteiger partial charge on any atom is -0.350 e. The number of rotatable bonds is 3. The lowest BCUT2D eigenvalue weighted by Crippen LogP contribution is -2.43. The molecule has 1 atom stereocenters. The van der Waals surface area contributed by atoms with Crippen LogP contribution in [-0.2, 0) is 11.2 Å². The van der Waals surface area contributed by atoms with E-state index < -0.39 is 0 Å². The normalized spacial score (nSPS) is 23.8. The standard InChI is InChI=1S/C12H14Br2N2O/c1-2-12(4-3-11(17)16-12)6-10-9(14)5-8(13)7-15-10/h5,7H,2-4,6H2,1H3,(H,16,17). The van der Waals surface area contributed by atoms with E-state index in [1.54, 1.807) is 6.20 Å². The van der Waals surface area contributed by atoms with Crippen LogP contribution in [0.15, 0.2) is 21.2 Å². The number of nitrogens with zero attached hydrogens (tertiary/aromatic N) is 1. The second-order valence-corrected chi connectivity index (χ2v) is 6.21. The van der Waals surface area contributed by atoms with E-state index in [4.69, 9.17) is 0 Å². The summed E-state index contributed by atoms with van der Waals surface area (Å²) in [4.78, 5) is 15.8. The van der Waals surface area contributed by atoms with Gasteiger partial charge in [0.1, 0.15) is 0 Å². The summed E-state index contributed by atoms with van der Waals surface area (Å²) < 4.78 is 1.94. The fraction of sp³-hybridized carbons (Fsp3) is 0.500. The lowest BCUT2D eigenvalue weighted by molar-refractivity contribution is -0.119. The van der Waals surface area contributed by atoms with Crippen molar-refractivity contribution in [2.24, 2.45) is 0 Å². The van der Waals surface area contributed by atoms with Gasteiger partial charge in [-0.2, -0.15) is 0 Å². The second-order valence-electron chi connectivity index (χ2n) is 4.44. The summed E-state index contributed by atoms with van der Waals surface area (Å²) in [7, 11) is 0. The van der Waals surface area contributed by atoms with Crippen LogP contribution >= 0.6 is 31.9 Å². The lowest BCUT2D eigenvalue weighted by Gasteiger charge is -2.27. The van der Waals surface area contributed by atoms with E-state index in [1.807, 2.05) is 6.07 Å². The van der Waals surface area contributed by atoms with Gasteiger partial charge in [0.25, 0.3) is 0 Å². The Morgan fingerprint density at radius 1 is 1.53 bits per heavy atom. The summed E-state index contributed by atoms with van der Waals surface area (Å²) in [5.74, 6) is 0.153. The molecule has 3 nitrogen and oxygen atoms in total. The third kappa shape index (κ3) is 2.88. The molecule has 0 spiro atoms. The molecule has 1 fully saturated rings. The van der Waals surface area contributed by atoms with Crippen LogP contribution in [0.4, 0.5) is 0 Å².